The minimum Gasteiger partial charge on any atom is -0.344 e. The van der Waals surface area contributed by atoms with Gasteiger partial charge in [0, 0.05) is 5.75 Å². The normalized spacial score (nSPS) is 27.1. The van der Waals surface area contributed by atoms with Crippen LogP contribution in [-0.2, 0) is 9.59 Å². The van der Waals surface area contributed by atoms with Gasteiger partial charge in [-0.1, -0.05) is 0 Å². The second-order valence-corrected chi connectivity index (χ2v) is 2.78. The molecule has 1 amide bonds. The summed E-state index contributed by atoms with van der Waals surface area (Å²) < 4.78 is 0. The zero-order chi connectivity index (χ0) is 6.69. The summed E-state index contributed by atoms with van der Waals surface area (Å²) in [6.45, 7) is 0. The summed E-state index contributed by atoms with van der Waals surface area (Å²) in [5.41, 5.74) is 0. The number of hydrogen-bond donors (Lipinski definition) is 1. The van der Waals surface area contributed by atoms with Crippen molar-refractivity contribution >= 4 is 24.0 Å². The third-order valence-corrected chi connectivity index (χ3v) is 2.03. The van der Waals surface area contributed by atoms with Crippen molar-refractivity contribution in [2.75, 3.05) is 11.5 Å². The van der Waals surface area contributed by atoms with Crippen LogP contribution < -0.4 is 5.32 Å². The van der Waals surface area contributed by atoms with E-state index in [9.17, 15) is 9.59 Å². The lowest BCUT2D eigenvalue weighted by Crippen LogP contribution is -2.42. The fraction of sp³-hybridized carbons (Fsp3) is 0.600. The van der Waals surface area contributed by atoms with Gasteiger partial charge in [-0.3, -0.25) is 9.59 Å². The fourth-order valence-electron chi connectivity index (χ4n) is 0.611. The van der Waals surface area contributed by atoms with Crippen LogP contribution in [0.15, 0.2) is 0 Å². The standard InChI is InChI=1S/C5H6NO2S/c7-1-4-2-9-3-5(8)6-4/h4H,2-3H2,(H,6,8). The van der Waals surface area contributed by atoms with Gasteiger partial charge in [0.25, 0.3) is 0 Å². The molecule has 1 aliphatic rings. The smallest absolute Gasteiger partial charge is 0.230 e. The molecule has 1 N–H and O–H groups in total. The maximum absolute atomic E-state index is 10.5. The average molecular weight is 144 g/mol. The highest BCUT2D eigenvalue weighted by molar-refractivity contribution is 8.00. The van der Waals surface area contributed by atoms with Gasteiger partial charge in [-0.05, 0) is 0 Å². The minimum absolute atomic E-state index is 0.0698. The van der Waals surface area contributed by atoms with Crippen molar-refractivity contribution in [1.82, 2.24) is 5.32 Å². The fourth-order valence-corrected chi connectivity index (χ4v) is 1.38. The van der Waals surface area contributed by atoms with Gasteiger partial charge in [0.1, 0.15) is 6.04 Å². The molecule has 9 heavy (non-hydrogen) atoms. The SMILES string of the molecule is O=[C]C1CSCC(=O)N1. The molecular formula is C5H6NO2S. The van der Waals surface area contributed by atoms with Crippen molar-refractivity contribution in [2.24, 2.45) is 0 Å². The predicted octanol–water partition coefficient (Wildman–Crippen LogP) is -0.672. The van der Waals surface area contributed by atoms with Gasteiger partial charge in [-0.15, -0.1) is 11.8 Å². The molecule has 0 bridgehead atoms. The van der Waals surface area contributed by atoms with Gasteiger partial charge < -0.3 is 5.32 Å². The van der Waals surface area contributed by atoms with Crippen LogP contribution >= 0.6 is 11.8 Å². The number of hydrogen-bond acceptors (Lipinski definition) is 3. The molecule has 1 heterocycles. The third kappa shape index (κ3) is 1.71. The molecule has 0 saturated carbocycles. The van der Waals surface area contributed by atoms with Crippen molar-refractivity contribution in [3.05, 3.63) is 0 Å². The molecule has 0 aromatic carbocycles. The maximum Gasteiger partial charge on any atom is 0.230 e. The second-order valence-electron chi connectivity index (χ2n) is 1.75. The number of thioether (sulfide) groups is 1. The first-order valence-electron chi connectivity index (χ1n) is 2.57. The summed E-state index contributed by atoms with van der Waals surface area (Å²) in [4.78, 5) is 20.5. The molecule has 0 aromatic heterocycles. The van der Waals surface area contributed by atoms with Crippen LogP contribution in [0.4, 0.5) is 0 Å². The van der Waals surface area contributed by atoms with Crippen molar-refractivity contribution in [2.45, 2.75) is 6.04 Å². The van der Waals surface area contributed by atoms with E-state index >= 15 is 0 Å². The molecule has 1 rings (SSSR count). The van der Waals surface area contributed by atoms with Gasteiger partial charge >= 0.3 is 0 Å². The number of amides is 1. The molecule has 0 aliphatic carbocycles. The van der Waals surface area contributed by atoms with Gasteiger partial charge in [-0.25, -0.2) is 0 Å². The molecule has 49 valence electrons. The van der Waals surface area contributed by atoms with Crippen molar-refractivity contribution in [3.8, 4) is 0 Å². The predicted molar refractivity (Wildman–Crippen MR) is 34.9 cm³/mol. The van der Waals surface area contributed by atoms with Gasteiger partial charge in [-0.2, -0.15) is 0 Å². The molecule has 1 atom stereocenters. The van der Waals surface area contributed by atoms with Crippen LogP contribution in [0.2, 0.25) is 0 Å². The summed E-state index contributed by atoms with van der Waals surface area (Å²) in [6.07, 6.45) is 1.73. The molecule has 1 fully saturated rings. The Morgan fingerprint density at radius 2 is 2.56 bits per heavy atom. The lowest BCUT2D eigenvalue weighted by Gasteiger charge is -2.15. The van der Waals surface area contributed by atoms with Crippen LogP contribution in [0.25, 0.3) is 0 Å². The molecule has 1 aliphatic heterocycles. The van der Waals surface area contributed by atoms with E-state index in [0.29, 0.717) is 11.5 Å². The first-order chi connectivity index (χ1) is 4.33. The Morgan fingerprint density at radius 3 is 3.00 bits per heavy atom. The van der Waals surface area contributed by atoms with E-state index in [-0.39, 0.29) is 11.9 Å². The van der Waals surface area contributed by atoms with Crippen LogP contribution in [0.5, 0.6) is 0 Å². The quantitative estimate of drug-likeness (QED) is 0.530. The van der Waals surface area contributed by atoms with Gasteiger partial charge in [0.05, 0.1) is 5.75 Å². The summed E-state index contributed by atoms with van der Waals surface area (Å²) in [5, 5.41) is 2.48. The molecule has 1 saturated heterocycles. The Kier molecular flexibility index (Phi) is 2.10. The lowest BCUT2D eigenvalue weighted by atomic mass is 10.4. The first-order valence-corrected chi connectivity index (χ1v) is 3.73. The summed E-state index contributed by atoms with van der Waals surface area (Å²) in [7, 11) is 0. The van der Waals surface area contributed by atoms with Gasteiger partial charge in [0.15, 0.2) is 0 Å². The van der Waals surface area contributed by atoms with Crippen molar-refractivity contribution in [3.63, 3.8) is 0 Å². The van der Waals surface area contributed by atoms with Gasteiger partial charge in [0.2, 0.25) is 12.2 Å². The third-order valence-electron chi connectivity index (χ3n) is 0.995. The molecule has 4 heteroatoms. The highest BCUT2D eigenvalue weighted by atomic mass is 32.2. The molecule has 3 nitrogen and oxygen atoms in total. The second kappa shape index (κ2) is 2.87. The molecular weight excluding hydrogens is 138 g/mol. The first kappa shape index (κ1) is 6.61. The molecule has 0 spiro atoms. The number of carbonyl (C=O) groups excluding carboxylic acids is 2. The molecule has 1 unspecified atom stereocenters. The Bertz CT molecular complexity index is 137. The van der Waals surface area contributed by atoms with Crippen molar-refractivity contribution in [1.29, 1.82) is 0 Å². The number of nitrogens with one attached hydrogen (secondary N) is 1. The molecule has 1 radical (unpaired) electrons. The van der Waals surface area contributed by atoms with E-state index in [4.69, 9.17) is 0 Å². The monoisotopic (exact) mass is 144 g/mol. The maximum atomic E-state index is 10.5. The van der Waals surface area contributed by atoms with E-state index in [0.717, 1.165) is 0 Å². The van der Waals surface area contributed by atoms with E-state index < -0.39 is 0 Å². The van der Waals surface area contributed by atoms with Crippen LogP contribution in [0, 0.1) is 0 Å². The van der Waals surface area contributed by atoms with E-state index in [1.54, 1.807) is 6.29 Å². The topological polar surface area (TPSA) is 46.2 Å². The highest BCUT2D eigenvalue weighted by Gasteiger charge is 2.17. The lowest BCUT2D eigenvalue weighted by molar-refractivity contribution is -0.118. The Balaban J connectivity index is 2.40. The largest absolute Gasteiger partial charge is 0.344 e. The highest BCUT2D eigenvalue weighted by Crippen LogP contribution is 2.06. The zero-order valence-corrected chi connectivity index (χ0v) is 5.53. The minimum atomic E-state index is -0.378. The van der Waals surface area contributed by atoms with E-state index in [1.807, 2.05) is 0 Å². The Labute approximate surface area is 57.2 Å². The van der Waals surface area contributed by atoms with Crippen molar-refractivity contribution < 1.29 is 9.59 Å². The van der Waals surface area contributed by atoms with Crippen LogP contribution in [0.3, 0.4) is 0 Å². The Hall–Kier alpha value is -0.510. The van der Waals surface area contributed by atoms with E-state index in [2.05, 4.69) is 5.32 Å². The van der Waals surface area contributed by atoms with Crippen LogP contribution in [0.1, 0.15) is 0 Å². The zero-order valence-electron chi connectivity index (χ0n) is 4.72. The van der Waals surface area contributed by atoms with Crippen LogP contribution in [-0.4, -0.2) is 29.7 Å². The summed E-state index contributed by atoms with van der Waals surface area (Å²) >= 11 is 1.46. The summed E-state index contributed by atoms with van der Waals surface area (Å²) in [5.74, 6) is 1.06. The Morgan fingerprint density at radius 1 is 1.78 bits per heavy atom. The summed E-state index contributed by atoms with van der Waals surface area (Å²) in [6, 6.07) is -0.378. The average Bonchev–Trinajstić information content (AvgIpc) is 1.88. The molecule has 0 aromatic rings. The number of carbonyl (C=O) groups is 1. The van der Waals surface area contributed by atoms with E-state index in [1.165, 1.54) is 11.8 Å². The number of rotatable bonds is 1.